The zero-order valence-corrected chi connectivity index (χ0v) is 10.7. The van der Waals surface area contributed by atoms with Crippen LogP contribution in [0.15, 0.2) is 36.7 Å². The van der Waals surface area contributed by atoms with E-state index in [1.54, 1.807) is 6.20 Å². The zero-order chi connectivity index (χ0) is 13.5. The molecular weight excluding hydrogens is 254 g/mol. The Morgan fingerprint density at radius 1 is 1.15 bits per heavy atom. The van der Waals surface area contributed by atoms with Crippen molar-refractivity contribution in [3.05, 3.63) is 47.9 Å². The van der Waals surface area contributed by atoms with Gasteiger partial charge in [0.15, 0.2) is 11.5 Å². The molecule has 0 saturated heterocycles. The summed E-state index contributed by atoms with van der Waals surface area (Å²) in [6.45, 7) is 0.924. The van der Waals surface area contributed by atoms with Crippen molar-refractivity contribution in [1.29, 1.82) is 0 Å². The average Bonchev–Trinajstić information content (AvgIpc) is 2.81. The molecule has 0 bridgehead atoms. The van der Waals surface area contributed by atoms with Crippen LogP contribution in [0.2, 0.25) is 0 Å². The Kier molecular flexibility index (Phi) is 2.32. The van der Waals surface area contributed by atoms with Crippen molar-refractivity contribution < 1.29 is 9.47 Å². The lowest BCUT2D eigenvalue weighted by molar-refractivity contribution is 0.234. The van der Waals surface area contributed by atoms with E-state index in [-0.39, 0.29) is 0 Å². The fourth-order valence-corrected chi connectivity index (χ4v) is 2.42. The van der Waals surface area contributed by atoms with E-state index < -0.39 is 0 Å². The largest absolute Gasteiger partial charge is 0.485 e. The van der Waals surface area contributed by atoms with E-state index in [2.05, 4.69) is 9.97 Å². The summed E-state index contributed by atoms with van der Waals surface area (Å²) in [5, 5.41) is 1.95. The Labute approximate surface area is 115 Å². The summed E-state index contributed by atoms with van der Waals surface area (Å²) in [6.07, 6.45) is 3.63. The number of nitrogens with two attached hydrogens (primary N) is 1. The summed E-state index contributed by atoms with van der Waals surface area (Å²) < 4.78 is 11.7. The molecule has 100 valence electrons. The van der Waals surface area contributed by atoms with Crippen LogP contribution in [0.5, 0.6) is 11.5 Å². The Hall–Kier alpha value is -2.69. The number of rotatable bonds is 0. The van der Waals surface area contributed by atoms with Gasteiger partial charge in [-0.3, -0.25) is 4.98 Å². The molecule has 0 atom stereocenters. The van der Waals surface area contributed by atoms with Crippen molar-refractivity contribution in [3.8, 4) is 11.5 Å². The lowest BCUT2D eigenvalue weighted by atomic mass is 10.1. The third-order valence-corrected chi connectivity index (χ3v) is 3.52. The minimum absolute atomic E-state index is 0.442. The van der Waals surface area contributed by atoms with E-state index >= 15 is 0 Å². The highest BCUT2D eigenvalue weighted by molar-refractivity contribution is 5.94. The highest BCUT2D eigenvalue weighted by atomic mass is 16.5. The third-order valence-electron chi connectivity index (χ3n) is 3.52. The maximum atomic E-state index is 5.89. The fourth-order valence-electron chi connectivity index (χ4n) is 2.42. The van der Waals surface area contributed by atoms with Crippen LogP contribution in [-0.4, -0.2) is 9.97 Å². The molecule has 0 saturated carbocycles. The third kappa shape index (κ3) is 1.67. The molecule has 2 aromatic heterocycles. The number of nitrogens with one attached hydrogen (secondary N) is 1. The highest BCUT2D eigenvalue weighted by Crippen LogP contribution is 2.36. The molecule has 5 heteroatoms. The molecule has 5 nitrogen and oxygen atoms in total. The molecule has 3 heterocycles. The van der Waals surface area contributed by atoms with Crippen molar-refractivity contribution in [2.75, 3.05) is 5.73 Å². The maximum absolute atomic E-state index is 5.89. The lowest BCUT2D eigenvalue weighted by Crippen LogP contribution is -2.10. The van der Waals surface area contributed by atoms with Gasteiger partial charge in [0.2, 0.25) is 0 Å². The van der Waals surface area contributed by atoms with Gasteiger partial charge < -0.3 is 20.2 Å². The Morgan fingerprint density at radius 2 is 2.00 bits per heavy atom. The van der Waals surface area contributed by atoms with Crippen LogP contribution >= 0.6 is 0 Å². The van der Waals surface area contributed by atoms with Crippen LogP contribution in [-0.2, 0) is 13.2 Å². The number of hydrogen-bond donors (Lipinski definition) is 2. The monoisotopic (exact) mass is 267 g/mol. The number of pyridine rings is 1. The highest BCUT2D eigenvalue weighted by Gasteiger charge is 2.15. The number of ether oxygens (including phenoxy) is 2. The normalized spacial score (nSPS) is 13.6. The number of aromatic nitrogens is 2. The van der Waals surface area contributed by atoms with Gasteiger partial charge in [-0.05, 0) is 18.2 Å². The summed E-state index contributed by atoms with van der Waals surface area (Å²) in [4.78, 5) is 7.33. The summed E-state index contributed by atoms with van der Waals surface area (Å²) >= 11 is 0. The minimum Gasteiger partial charge on any atom is -0.485 e. The molecule has 1 aliphatic heterocycles. The van der Waals surface area contributed by atoms with Gasteiger partial charge in [0.1, 0.15) is 19.0 Å². The first-order chi connectivity index (χ1) is 9.81. The summed E-state index contributed by atoms with van der Waals surface area (Å²) in [5.74, 6) is 2.06. The van der Waals surface area contributed by atoms with Crippen molar-refractivity contribution in [2.24, 2.45) is 0 Å². The SMILES string of the molecule is Nc1[nH]cc2cc3c(cc12)OCc1cccnc1CO3. The van der Waals surface area contributed by atoms with E-state index in [0.717, 1.165) is 22.0 Å². The molecule has 3 N–H and O–H groups in total. The number of benzene rings is 1. The van der Waals surface area contributed by atoms with Crippen molar-refractivity contribution >= 4 is 16.6 Å². The molecule has 0 unspecified atom stereocenters. The molecular formula is C15H13N3O2. The first kappa shape index (κ1) is 11.2. The number of nitrogens with zero attached hydrogens (tertiary/aromatic N) is 1. The molecule has 0 radical (unpaired) electrons. The van der Waals surface area contributed by atoms with Gasteiger partial charge in [-0.15, -0.1) is 0 Å². The van der Waals surface area contributed by atoms with E-state index in [1.165, 1.54) is 0 Å². The molecule has 3 aromatic rings. The van der Waals surface area contributed by atoms with Gasteiger partial charge in [-0.25, -0.2) is 0 Å². The standard InChI is InChI=1S/C15H13N3O2/c16-15-11-5-14-13(4-10(11)6-18-15)20-8-12-9(7-19-14)2-1-3-17-12/h1-6,18H,7-8,16H2. The minimum atomic E-state index is 0.442. The van der Waals surface area contributed by atoms with Crippen LogP contribution < -0.4 is 15.2 Å². The second kappa shape index (κ2) is 4.16. The van der Waals surface area contributed by atoms with E-state index in [4.69, 9.17) is 15.2 Å². The van der Waals surface area contributed by atoms with Crippen LogP contribution in [0, 0.1) is 0 Å². The van der Waals surface area contributed by atoms with Crippen molar-refractivity contribution in [2.45, 2.75) is 13.2 Å². The van der Waals surface area contributed by atoms with Crippen LogP contribution in [0.25, 0.3) is 10.8 Å². The Balaban J connectivity index is 1.80. The molecule has 0 aliphatic carbocycles. The summed E-state index contributed by atoms with van der Waals surface area (Å²) in [5.41, 5.74) is 7.84. The van der Waals surface area contributed by atoms with Gasteiger partial charge >= 0.3 is 0 Å². The predicted molar refractivity (Wildman–Crippen MR) is 75.6 cm³/mol. The lowest BCUT2D eigenvalue weighted by Gasteiger charge is -2.18. The van der Waals surface area contributed by atoms with Gasteiger partial charge in [0, 0.05) is 28.7 Å². The van der Waals surface area contributed by atoms with Crippen LogP contribution in [0.1, 0.15) is 11.3 Å². The van der Waals surface area contributed by atoms with Crippen LogP contribution in [0.4, 0.5) is 5.82 Å². The van der Waals surface area contributed by atoms with Crippen molar-refractivity contribution in [1.82, 2.24) is 9.97 Å². The quantitative estimate of drug-likeness (QED) is 0.656. The number of fused-ring (bicyclic) bond motifs is 3. The van der Waals surface area contributed by atoms with Gasteiger partial charge in [0.05, 0.1) is 5.69 Å². The second-order valence-corrected chi connectivity index (χ2v) is 4.78. The molecule has 0 fully saturated rings. The smallest absolute Gasteiger partial charge is 0.162 e. The molecule has 1 aliphatic rings. The predicted octanol–water partition coefficient (Wildman–Crippen LogP) is 2.62. The average molecular weight is 267 g/mol. The molecule has 1 aromatic carbocycles. The number of hydrogen-bond acceptors (Lipinski definition) is 4. The first-order valence-electron chi connectivity index (χ1n) is 6.40. The number of nitrogen functional groups attached to an aromatic ring is 1. The van der Waals surface area contributed by atoms with Gasteiger partial charge in [0.25, 0.3) is 0 Å². The summed E-state index contributed by atoms with van der Waals surface area (Å²) in [6, 6.07) is 7.75. The number of anilines is 1. The zero-order valence-electron chi connectivity index (χ0n) is 10.7. The van der Waals surface area contributed by atoms with E-state index in [1.807, 2.05) is 30.5 Å². The molecule has 0 spiro atoms. The van der Waals surface area contributed by atoms with Gasteiger partial charge in [-0.2, -0.15) is 0 Å². The Morgan fingerprint density at radius 3 is 2.95 bits per heavy atom. The van der Waals surface area contributed by atoms with Gasteiger partial charge in [-0.1, -0.05) is 6.07 Å². The van der Waals surface area contributed by atoms with Crippen LogP contribution in [0.3, 0.4) is 0 Å². The van der Waals surface area contributed by atoms with E-state index in [0.29, 0.717) is 30.5 Å². The number of H-pyrrole nitrogens is 1. The Bertz CT molecular complexity index is 795. The summed E-state index contributed by atoms with van der Waals surface area (Å²) in [7, 11) is 0. The fraction of sp³-hybridized carbons (Fsp3) is 0.133. The molecule has 20 heavy (non-hydrogen) atoms. The number of aromatic amines is 1. The first-order valence-corrected chi connectivity index (χ1v) is 6.40. The molecule has 4 rings (SSSR count). The second-order valence-electron chi connectivity index (χ2n) is 4.78. The van der Waals surface area contributed by atoms with Crippen molar-refractivity contribution in [3.63, 3.8) is 0 Å². The van der Waals surface area contributed by atoms with E-state index in [9.17, 15) is 0 Å². The maximum Gasteiger partial charge on any atom is 0.162 e. The topological polar surface area (TPSA) is 73.2 Å². The molecule has 0 amide bonds.